The van der Waals surface area contributed by atoms with E-state index in [1.54, 1.807) is 14.2 Å². The van der Waals surface area contributed by atoms with E-state index in [0.717, 1.165) is 18.8 Å². The predicted molar refractivity (Wildman–Crippen MR) is 75.2 cm³/mol. The molecule has 0 aliphatic carbocycles. The molecule has 1 aromatic rings. The molecule has 102 valence electrons. The van der Waals surface area contributed by atoms with E-state index < -0.39 is 0 Å². The molecule has 0 bridgehead atoms. The van der Waals surface area contributed by atoms with E-state index in [2.05, 4.69) is 37.4 Å². The summed E-state index contributed by atoms with van der Waals surface area (Å²) in [7, 11) is 5.46. The van der Waals surface area contributed by atoms with Crippen LogP contribution in [-0.4, -0.2) is 27.9 Å². The third kappa shape index (κ3) is 3.72. The molecule has 0 spiro atoms. The SMILES string of the molecule is CNC(c1ccc(C)cc1OC)C(C)CCOC. The van der Waals surface area contributed by atoms with Crippen LogP contribution in [0, 0.1) is 12.8 Å². The van der Waals surface area contributed by atoms with Crippen LogP contribution in [0.3, 0.4) is 0 Å². The maximum atomic E-state index is 5.49. The molecular weight excluding hydrogens is 226 g/mol. The van der Waals surface area contributed by atoms with Gasteiger partial charge in [-0.2, -0.15) is 0 Å². The fourth-order valence-corrected chi connectivity index (χ4v) is 2.29. The molecule has 0 fully saturated rings. The number of aryl methyl sites for hydroxylation is 1. The summed E-state index contributed by atoms with van der Waals surface area (Å²) in [6.45, 7) is 5.10. The number of benzene rings is 1. The van der Waals surface area contributed by atoms with Crippen molar-refractivity contribution >= 4 is 0 Å². The van der Waals surface area contributed by atoms with E-state index >= 15 is 0 Å². The van der Waals surface area contributed by atoms with Crippen molar-refractivity contribution in [3.63, 3.8) is 0 Å². The van der Waals surface area contributed by atoms with Crippen molar-refractivity contribution in [3.05, 3.63) is 29.3 Å². The molecule has 2 unspecified atom stereocenters. The summed E-state index contributed by atoms with van der Waals surface area (Å²) in [4.78, 5) is 0. The van der Waals surface area contributed by atoms with E-state index in [0.29, 0.717) is 5.92 Å². The van der Waals surface area contributed by atoms with Gasteiger partial charge in [0.1, 0.15) is 5.75 Å². The average Bonchev–Trinajstić information content (AvgIpc) is 2.38. The first-order chi connectivity index (χ1) is 8.63. The van der Waals surface area contributed by atoms with Gasteiger partial charge in [-0.25, -0.2) is 0 Å². The van der Waals surface area contributed by atoms with Gasteiger partial charge >= 0.3 is 0 Å². The topological polar surface area (TPSA) is 30.5 Å². The van der Waals surface area contributed by atoms with Crippen molar-refractivity contribution in [1.82, 2.24) is 5.32 Å². The highest BCUT2D eigenvalue weighted by atomic mass is 16.5. The molecule has 0 heterocycles. The standard InChI is InChI=1S/C15H25NO2/c1-11-6-7-13(14(10-11)18-5)15(16-3)12(2)8-9-17-4/h6-7,10,12,15-16H,8-9H2,1-5H3. The Bertz CT molecular complexity index is 366. The summed E-state index contributed by atoms with van der Waals surface area (Å²) >= 11 is 0. The molecule has 0 radical (unpaired) electrons. The fraction of sp³-hybridized carbons (Fsp3) is 0.600. The zero-order valence-electron chi connectivity index (χ0n) is 12.1. The molecule has 1 aromatic carbocycles. The lowest BCUT2D eigenvalue weighted by Gasteiger charge is -2.25. The molecule has 3 nitrogen and oxygen atoms in total. The van der Waals surface area contributed by atoms with Crippen LogP contribution >= 0.6 is 0 Å². The lowest BCUT2D eigenvalue weighted by atomic mass is 9.91. The van der Waals surface area contributed by atoms with Crippen molar-refractivity contribution in [2.75, 3.05) is 27.9 Å². The number of methoxy groups -OCH3 is 2. The molecule has 0 saturated heterocycles. The van der Waals surface area contributed by atoms with Crippen molar-refractivity contribution < 1.29 is 9.47 Å². The van der Waals surface area contributed by atoms with Gasteiger partial charge in [-0.05, 0) is 37.9 Å². The number of rotatable bonds is 7. The molecule has 0 aliphatic rings. The molecule has 0 amide bonds. The normalized spacial score (nSPS) is 14.3. The van der Waals surface area contributed by atoms with E-state index in [1.165, 1.54) is 11.1 Å². The molecule has 0 saturated carbocycles. The van der Waals surface area contributed by atoms with E-state index in [1.807, 2.05) is 7.05 Å². The quantitative estimate of drug-likeness (QED) is 0.808. The Kier molecular flexibility index (Phi) is 6.16. The molecule has 1 N–H and O–H groups in total. The first-order valence-electron chi connectivity index (χ1n) is 6.44. The lowest BCUT2D eigenvalue weighted by Crippen LogP contribution is -2.25. The summed E-state index contributed by atoms with van der Waals surface area (Å²) in [5.74, 6) is 1.45. The predicted octanol–water partition coefficient (Wildman–Crippen LogP) is 2.94. The Hall–Kier alpha value is -1.06. The number of hydrogen-bond donors (Lipinski definition) is 1. The van der Waals surface area contributed by atoms with Gasteiger partial charge in [0.05, 0.1) is 7.11 Å². The van der Waals surface area contributed by atoms with E-state index in [-0.39, 0.29) is 6.04 Å². The third-order valence-electron chi connectivity index (χ3n) is 3.38. The Morgan fingerprint density at radius 3 is 2.56 bits per heavy atom. The highest BCUT2D eigenvalue weighted by Crippen LogP contribution is 2.32. The van der Waals surface area contributed by atoms with Crippen LogP contribution < -0.4 is 10.1 Å². The number of ether oxygens (including phenoxy) is 2. The molecule has 3 heteroatoms. The minimum atomic E-state index is 0.288. The first-order valence-corrected chi connectivity index (χ1v) is 6.44. The Morgan fingerprint density at radius 1 is 1.28 bits per heavy atom. The zero-order valence-corrected chi connectivity index (χ0v) is 12.1. The molecule has 0 aromatic heterocycles. The summed E-state index contributed by atoms with van der Waals surface area (Å²) in [6, 6.07) is 6.66. The average molecular weight is 251 g/mol. The van der Waals surface area contributed by atoms with Gasteiger partial charge in [0, 0.05) is 25.3 Å². The second-order valence-electron chi connectivity index (χ2n) is 4.77. The zero-order chi connectivity index (χ0) is 13.5. The van der Waals surface area contributed by atoms with Gasteiger partial charge in [0.15, 0.2) is 0 Å². The van der Waals surface area contributed by atoms with Crippen LogP contribution in [0.25, 0.3) is 0 Å². The van der Waals surface area contributed by atoms with Crippen molar-refractivity contribution in [3.8, 4) is 5.75 Å². The lowest BCUT2D eigenvalue weighted by molar-refractivity contribution is 0.171. The van der Waals surface area contributed by atoms with E-state index in [4.69, 9.17) is 9.47 Å². The van der Waals surface area contributed by atoms with Crippen LogP contribution in [-0.2, 0) is 4.74 Å². The number of nitrogens with one attached hydrogen (secondary N) is 1. The summed E-state index contributed by atoms with van der Waals surface area (Å²) in [6.07, 6.45) is 1.03. The van der Waals surface area contributed by atoms with Gasteiger partial charge in [-0.15, -0.1) is 0 Å². The monoisotopic (exact) mass is 251 g/mol. The molecular formula is C15H25NO2. The summed E-state index contributed by atoms with van der Waals surface area (Å²) in [5.41, 5.74) is 2.43. The van der Waals surface area contributed by atoms with E-state index in [9.17, 15) is 0 Å². The van der Waals surface area contributed by atoms with Gasteiger partial charge < -0.3 is 14.8 Å². The maximum Gasteiger partial charge on any atom is 0.123 e. The minimum absolute atomic E-state index is 0.288. The molecule has 0 aliphatic heterocycles. The summed E-state index contributed by atoms with van der Waals surface area (Å²) in [5, 5.41) is 3.39. The smallest absolute Gasteiger partial charge is 0.123 e. The fourth-order valence-electron chi connectivity index (χ4n) is 2.29. The maximum absolute atomic E-state index is 5.49. The van der Waals surface area contributed by atoms with Crippen molar-refractivity contribution in [2.24, 2.45) is 5.92 Å². The Labute approximate surface area is 110 Å². The Balaban J connectivity index is 2.93. The summed E-state index contributed by atoms with van der Waals surface area (Å²) < 4.78 is 10.7. The first kappa shape index (κ1) is 15.0. The van der Waals surface area contributed by atoms with Crippen LogP contribution in [0.15, 0.2) is 18.2 Å². The minimum Gasteiger partial charge on any atom is -0.496 e. The van der Waals surface area contributed by atoms with Crippen LogP contribution in [0.5, 0.6) is 5.75 Å². The van der Waals surface area contributed by atoms with Gasteiger partial charge in [-0.3, -0.25) is 0 Å². The Morgan fingerprint density at radius 2 is 2.00 bits per heavy atom. The van der Waals surface area contributed by atoms with Crippen molar-refractivity contribution in [2.45, 2.75) is 26.3 Å². The highest BCUT2D eigenvalue weighted by Gasteiger charge is 2.20. The van der Waals surface area contributed by atoms with Crippen molar-refractivity contribution in [1.29, 1.82) is 0 Å². The third-order valence-corrected chi connectivity index (χ3v) is 3.38. The van der Waals surface area contributed by atoms with Gasteiger partial charge in [0.2, 0.25) is 0 Å². The largest absolute Gasteiger partial charge is 0.496 e. The van der Waals surface area contributed by atoms with Gasteiger partial charge in [-0.1, -0.05) is 19.1 Å². The van der Waals surface area contributed by atoms with Crippen LogP contribution in [0.4, 0.5) is 0 Å². The highest BCUT2D eigenvalue weighted by molar-refractivity contribution is 5.39. The molecule has 1 rings (SSSR count). The number of hydrogen-bond acceptors (Lipinski definition) is 3. The molecule has 2 atom stereocenters. The second kappa shape index (κ2) is 7.39. The van der Waals surface area contributed by atoms with Crippen LogP contribution in [0.1, 0.15) is 30.5 Å². The van der Waals surface area contributed by atoms with Crippen LogP contribution in [0.2, 0.25) is 0 Å². The second-order valence-corrected chi connectivity index (χ2v) is 4.77. The van der Waals surface area contributed by atoms with Gasteiger partial charge in [0.25, 0.3) is 0 Å². The molecule has 18 heavy (non-hydrogen) atoms.